The Hall–Kier alpha value is -2.97. The number of benzene rings is 2. The van der Waals surface area contributed by atoms with E-state index in [9.17, 15) is 19.5 Å². The molecule has 1 heterocycles. The molecule has 0 amide bonds. The maximum absolute atomic E-state index is 13.6. The molecular weight excluding hydrogens is 441 g/mol. The second-order valence-corrected chi connectivity index (χ2v) is 8.79. The Bertz CT molecular complexity index is 996. The van der Waals surface area contributed by atoms with Gasteiger partial charge in [0.1, 0.15) is 17.8 Å². The van der Waals surface area contributed by atoms with Gasteiger partial charge < -0.3 is 19.4 Å². The minimum absolute atomic E-state index is 0.0259. The van der Waals surface area contributed by atoms with E-state index in [1.165, 1.54) is 31.4 Å². The molecule has 1 N–H and O–H groups in total. The summed E-state index contributed by atoms with van der Waals surface area (Å²) in [5, 5.41) is 24.2. The number of halogens is 1. The number of hydrogen-bond donors (Lipinski definition) is 1. The highest BCUT2D eigenvalue weighted by Crippen LogP contribution is 2.38. The van der Waals surface area contributed by atoms with Crippen molar-refractivity contribution in [1.29, 1.82) is 0 Å². The van der Waals surface area contributed by atoms with Crippen LogP contribution in [0.3, 0.4) is 0 Å². The Labute approximate surface area is 198 Å². The number of ether oxygens (including phenoxy) is 2. The molecule has 2 aromatic rings. The molecule has 2 aromatic carbocycles. The van der Waals surface area contributed by atoms with Gasteiger partial charge in [0.2, 0.25) is 5.71 Å². The zero-order valence-electron chi connectivity index (χ0n) is 19.1. The molecule has 1 saturated carbocycles. The maximum Gasteiger partial charge on any atom is 0.306 e. The molecule has 5 unspecified atom stereocenters. The van der Waals surface area contributed by atoms with Gasteiger partial charge in [0.15, 0.2) is 6.29 Å². The Kier molecular flexibility index (Phi) is 7.80. The van der Waals surface area contributed by atoms with Crippen LogP contribution in [0, 0.1) is 11.0 Å². The lowest BCUT2D eigenvalue weighted by Crippen LogP contribution is -2.50. The number of carbonyl (C=O) groups is 1. The number of aliphatic hydroxyl groups excluding tert-OH is 1. The first-order valence-corrected chi connectivity index (χ1v) is 11.7. The van der Waals surface area contributed by atoms with Crippen molar-refractivity contribution in [2.45, 2.75) is 68.9 Å². The molecule has 182 valence electrons. The molecule has 34 heavy (non-hydrogen) atoms. The summed E-state index contributed by atoms with van der Waals surface area (Å²) in [6, 6.07) is 15.6. The van der Waals surface area contributed by atoms with Crippen LogP contribution >= 0.6 is 0 Å². The van der Waals surface area contributed by atoms with Crippen molar-refractivity contribution in [1.82, 2.24) is 0 Å². The highest BCUT2D eigenvalue weighted by atomic mass is 19.1. The average Bonchev–Trinajstić information content (AvgIpc) is 2.86. The van der Waals surface area contributed by atoms with Crippen molar-refractivity contribution in [2.75, 3.05) is 7.11 Å². The standard InChI is InChI=1S/C26H30FNO6/c1-32-23(29)16-15-21-24(18-11-13-19(27)14-12-18)25(30)26(34-28(21)31)33-22-10-6-5-9-20(22)17-7-3-2-4-8-17/h2-4,7-8,11-14,20,22,24-26,30H,5-6,9-10,15-16H2,1H3. The van der Waals surface area contributed by atoms with E-state index in [1.807, 2.05) is 18.2 Å². The summed E-state index contributed by atoms with van der Waals surface area (Å²) in [4.78, 5) is 17.5. The fourth-order valence-corrected chi connectivity index (χ4v) is 4.95. The number of esters is 1. The van der Waals surface area contributed by atoms with Gasteiger partial charge in [0.05, 0.1) is 19.6 Å². The molecule has 1 aliphatic heterocycles. The second kappa shape index (κ2) is 11.0. The predicted octanol–water partition coefficient (Wildman–Crippen LogP) is 4.19. The third kappa shape index (κ3) is 5.39. The first kappa shape index (κ1) is 24.2. The monoisotopic (exact) mass is 471 g/mol. The lowest BCUT2D eigenvalue weighted by molar-refractivity contribution is -0.776. The van der Waals surface area contributed by atoms with E-state index in [1.54, 1.807) is 0 Å². The summed E-state index contributed by atoms with van der Waals surface area (Å²) in [7, 11) is 1.27. The Morgan fingerprint density at radius 3 is 2.53 bits per heavy atom. The molecule has 0 saturated heterocycles. The fourth-order valence-electron chi connectivity index (χ4n) is 4.95. The van der Waals surface area contributed by atoms with Crippen molar-refractivity contribution in [3.8, 4) is 0 Å². The molecule has 0 bridgehead atoms. The van der Waals surface area contributed by atoms with Crippen molar-refractivity contribution >= 4 is 11.7 Å². The summed E-state index contributed by atoms with van der Waals surface area (Å²) in [5.74, 6) is -1.61. The Morgan fingerprint density at radius 1 is 1.12 bits per heavy atom. The van der Waals surface area contributed by atoms with Crippen LogP contribution in [-0.2, 0) is 19.1 Å². The SMILES string of the molecule is COC(=O)CCC1=[N+]([O-])OC(OC2CCCCC2c2ccccc2)C(O)C1c1ccc(F)cc1. The fraction of sp³-hybridized carbons (Fsp3) is 0.462. The normalized spacial score (nSPS) is 27.2. The third-order valence-electron chi connectivity index (χ3n) is 6.69. The number of nitrogens with zero attached hydrogens (tertiary/aromatic N) is 1. The van der Waals surface area contributed by atoms with E-state index < -0.39 is 30.1 Å². The number of hydrogen-bond acceptors (Lipinski definition) is 6. The van der Waals surface area contributed by atoms with Gasteiger partial charge in [0, 0.05) is 17.2 Å². The number of aliphatic hydroxyl groups is 1. The molecule has 8 heteroatoms. The van der Waals surface area contributed by atoms with Crippen LogP contribution in [0.2, 0.25) is 0 Å². The van der Waals surface area contributed by atoms with E-state index in [2.05, 4.69) is 16.9 Å². The minimum Gasteiger partial charge on any atom is -0.469 e. The quantitative estimate of drug-likeness (QED) is 0.481. The van der Waals surface area contributed by atoms with E-state index in [-0.39, 0.29) is 30.6 Å². The summed E-state index contributed by atoms with van der Waals surface area (Å²) in [6.45, 7) is 0. The maximum atomic E-state index is 13.6. The van der Waals surface area contributed by atoms with Crippen molar-refractivity contribution < 1.29 is 33.5 Å². The van der Waals surface area contributed by atoms with Crippen LogP contribution < -0.4 is 0 Å². The summed E-state index contributed by atoms with van der Waals surface area (Å²) < 4.78 is 24.5. The highest BCUT2D eigenvalue weighted by molar-refractivity contribution is 5.90. The van der Waals surface area contributed by atoms with E-state index >= 15 is 0 Å². The van der Waals surface area contributed by atoms with Gasteiger partial charge in [-0.15, -0.1) is 0 Å². The van der Waals surface area contributed by atoms with Gasteiger partial charge in [-0.1, -0.05) is 55.3 Å². The van der Waals surface area contributed by atoms with Crippen molar-refractivity contribution in [3.63, 3.8) is 0 Å². The largest absolute Gasteiger partial charge is 0.469 e. The molecule has 0 spiro atoms. The van der Waals surface area contributed by atoms with Crippen molar-refractivity contribution in [2.24, 2.45) is 0 Å². The number of rotatable bonds is 7. The van der Waals surface area contributed by atoms with Crippen LogP contribution in [0.4, 0.5) is 4.39 Å². The molecule has 2 aliphatic rings. The first-order chi connectivity index (χ1) is 16.5. The first-order valence-electron chi connectivity index (χ1n) is 11.7. The lowest BCUT2D eigenvalue weighted by atomic mass is 9.81. The topological polar surface area (TPSA) is 91.1 Å². The van der Waals surface area contributed by atoms with E-state index in [0.717, 1.165) is 31.2 Å². The van der Waals surface area contributed by atoms with Crippen LogP contribution in [0.5, 0.6) is 0 Å². The molecule has 1 fully saturated rings. The average molecular weight is 472 g/mol. The van der Waals surface area contributed by atoms with Crippen LogP contribution in [0.1, 0.15) is 61.5 Å². The summed E-state index contributed by atoms with van der Waals surface area (Å²) >= 11 is 0. The molecular formula is C26H30FNO6. The molecule has 7 nitrogen and oxygen atoms in total. The van der Waals surface area contributed by atoms with Crippen LogP contribution in [0.25, 0.3) is 0 Å². The highest BCUT2D eigenvalue weighted by Gasteiger charge is 2.45. The molecule has 0 aromatic heterocycles. The zero-order chi connectivity index (χ0) is 24.1. The van der Waals surface area contributed by atoms with Crippen LogP contribution in [-0.4, -0.2) is 47.3 Å². The zero-order valence-corrected chi connectivity index (χ0v) is 19.1. The molecule has 1 aliphatic carbocycles. The lowest BCUT2D eigenvalue weighted by Gasteiger charge is -2.40. The molecule has 5 atom stereocenters. The Balaban J connectivity index is 1.60. The number of carbonyl (C=O) groups excluding carboxylic acids is 1. The van der Waals surface area contributed by atoms with E-state index in [0.29, 0.717) is 10.5 Å². The summed E-state index contributed by atoms with van der Waals surface area (Å²) in [5.41, 5.74) is 1.85. The molecule has 0 radical (unpaired) electrons. The number of methoxy groups -OCH3 is 1. The Morgan fingerprint density at radius 2 is 1.82 bits per heavy atom. The van der Waals surface area contributed by atoms with Gasteiger partial charge in [-0.3, -0.25) is 10.0 Å². The third-order valence-corrected chi connectivity index (χ3v) is 6.69. The van der Waals surface area contributed by atoms with Gasteiger partial charge >= 0.3 is 5.97 Å². The summed E-state index contributed by atoms with van der Waals surface area (Å²) in [6.07, 6.45) is 1.10. The van der Waals surface area contributed by atoms with Crippen LogP contribution in [0.15, 0.2) is 54.6 Å². The van der Waals surface area contributed by atoms with Gasteiger partial charge in [-0.25, -0.2) is 4.39 Å². The predicted molar refractivity (Wildman–Crippen MR) is 122 cm³/mol. The van der Waals surface area contributed by atoms with Gasteiger partial charge in [0.25, 0.3) is 0 Å². The second-order valence-electron chi connectivity index (χ2n) is 8.79. The smallest absolute Gasteiger partial charge is 0.306 e. The molecule has 4 rings (SSSR count). The van der Waals surface area contributed by atoms with Crippen molar-refractivity contribution in [3.05, 3.63) is 76.7 Å². The van der Waals surface area contributed by atoms with Gasteiger partial charge in [-0.2, -0.15) is 0 Å². The minimum atomic E-state index is -1.22. The van der Waals surface area contributed by atoms with E-state index in [4.69, 9.17) is 9.57 Å². The van der Waals surface area contributed by atoms with Gasteiger partial charge in [-0.05, 0) is 36.1 Å².